The van der Waals surface area contributed by atoms with Crippen LogP contribution in [0.5, 0.6) is 0 Å². The molecular weight excluding hydrogens is 406 g/mol. The number of nitrogens with zero attached hydrogens (tertiary/aromatic N) is 1. The third-order valence-corrected chi connectivity index (χ3v) is 4.57. The molecule has 8 nitrogen and oxygen atoms in total. The fraction of sp³-hybridized carbons (Fsp3) is 0.190. The Kier molecular flexibility index (Phi) is 6.53. The first-order valence-electron chi connectivity index (χ1n) is 9.24. The number of anilines is 1. The second-order valence-corrected chi connectivity index (χ2v) is 6.73. The number of fused-ring (bicyclic) bond motifs is 1. The number of imide groups is 1. The predicted molar refractivity (Wildman–Crippen MR) is 113 cm³/mol. The first kappa shape index (κ1) is 21.1. The number of nitrogens with one attached hydrogen (secondary N) is 2. The second kappa shape index (κ2) is 9.27. The van der Waals surface area contributed by atoms with Gasteiger partial charge in [-0.1, -0.05) is 24.3 Å². The van der Waals surface area contributed by atoms with E-state index in [1.165, 1.54) is 0 Å². The molecule has 0 saturated heterocycles. The lowest BCUT2D eigenvalue weighted by atomic mass is 10.1. The fourth-order valence-electron chi connectivity index (χ4n) is 2.98. The van der Waals surface area contributed by atoms with Crippen LogP contribution in [-0.2, 0) is 9.53 Å². The van der Waals surface area contributed by atoms with Crippen LogP contribution in [0, 0.1) is 0 Å². The number of hydrogen-bond acceptors (Lipinski definition) is 6. The van der Waals surface area contributed by atoms with E-state index < -0.39 is 23.7 Å². The molecular formula is C21H19N3O5S. The minimum Gasteiger partial charge on any atom is -0.462 e. The predicted octanol–water partition coefficient (Wildman–Crippen LogP) is 2.36. The highest BCUT2D eigenvalue weighted by molar-refractivity contribution is 7.80. The first-order valence-corrected chi connectivity index (χ1v) is 9.65. The van der Waals surface area contributed by atoms with Gasteiger partial charge in [-0.3, -0.25) is 19.3 Å². The van der Waals surface area contributed by atoms with Crippen LogP contribution < -0.4 is 10.6 Å². The average Bonchev–Trinajstić information content (AvgIpc) is 2.97. The van der Waals surface area contributed by atoms with E-state index in [1.54, 1.807) is 55.5 Å². The number of hydrogen-bond donors (Lipinski definition) is 2. The Labute approximate surface area is 178 Å². The van der Waals surface area contributed by atoms with Crippen molar-refractivity contribution in [2.45, 2.75) is 13.3 Å². The molecule has 1 aliphatic rings. The van der Waals surface area contributed by atoms with E-state index in [-0.39, 0.29) is 30.2 Å². The summed E-state index contributed by atoms with van der Waals surface area (Å²) in [5.74, 6) is -1.84. The number of carbonyl (C=O) groups is 4. The molecule has 3 amide bonds. The number of para-hydroxylation sites is 1. The van der Waals surface area contributed by atoms with Crippen LogP contribution in [0.25, 0.3) is 0 Å². The number of rotatable bonds is 6. The van der Waals surface area contributed by atoms with Gasteiger partial charge in [0.1, 0.15) is 0 Å². The Morgan fingerprint density at radius 2 is 1.60 bits per heavy atom. The lowest BCUT2D eigenvalue weighted by molar-refractivity contribution is -0.119. The molecule has 30 heavy (non-hydrogen) atoms. The molecule has 0 saturated carbocycles. The third kappa shape index (κ3) is 4.52. The molecule has 1 heterocycles. The summed E-state index contributed by atoms with van der Waals surface area (Å²) >= 11 is 5.13. The van der Waals surface area contributed by atoms with Crippen molar-refractivity contribution in [1.82, 2.24) is 10.2 Å². The van der Waals surface area contributed by atoms with E-state index in [0.717, 1.165) is 4.90 Å². The number of amides is 3. The van der Waals surface area contributed by atoms with Crippen LogP contribution in [0.4, 0.5) is 5.69 Å². The van der Waals surface area contributed by atoms with Gasteiger partial charge in [0, 0.05) is 13.0 Å². The van der Waals surface area contributed by atoms with Crippen LogP contribution in [0.2, 0.25) is 0 Å². The monoisotopic (exact) mass is 425 g/mol. The van der Waals surface area contributed by atoms with Crippen molar-refractivity contribution in [3.05, 3.63) is 65.2 Å². The van der Waals surface area contributed by atoms with Crippen molar-refractivity contribution in [3.8, 4) is 0 Å². The maximum absolute atomic E-state index is 12.3. The van der Waals surface area contributed by atoms with Crippen molar-refractivity contribution >= 4 is 46.7 Å². The van der Waals surface area contributed by atoms with E-state index >= 15 is 0 Å². The number of benzene rings is 2. The van der Waals surface area contributed by atoms with Crippen molar-refractivity contribution < 1.29 is 23.9 Å². The van der Waals surface area contributed by atoms with Crippen molar-refractivity contribution in [3.63, 3.8) is 0 Å². The van der Waals surface area contributed by atoms with Crippen LogP contribution in [0.1, 0.15) is 44.4 Å². The maximum atomic E-state index is 12.3. The van der Waals surface area contributed by atoms with Gasteiger partial charge in [-0.25, -0.2) is 4.79 Å². The summed E-state index contributed by atoms with van der Waals surface area (Å²) < 4.78 is 4.99. The molecule has 0 spiro atoms. The van der Waals surface area contributed by atoms with Crippen LogP contribution in [0.15, 0.2) is 48.5 Å². The van der Waals surface area contributed by atoms with Gasteiger partial charge < -0.3 is 15.4 Å². The Morgan fingerprint density at radius 1 is 1.00 bits per heavy atom. The molecule has 1 aliphatic heterocycles. The average molecular weight is 425 g/mol. The fourth-order valence-corrected chi connectivity index (χ4v) is 3.20. The zero-order valence-electron chi connectivity index (χ0n) is 16.1. The standard InChI is InChI=1S/C21H19N3O5S/c1-2-29-20(28)15-9-5-6-10-16(15)22-21(30)23-17(25)11-12-24-18(26)13-7-3-4-8-14(13)19(24)27/h3-10H,2,11-12H2,1H3,(H2,22,23,25,30). The highest BCUT2D eigenvalue weighted by Crippen LogP contribution is 2.22. The first-order chi connectivity index (χ1) is 14.4. The molecule has 154 valence electrons. The Balaban J connectivity index is 1.55. The molecule has 0 aromatic heterocycles. The van der Waals surface area contributed by atoms with Gasteiger partial charge in [-0.15, -0.1) is 0 Å². The summed E-state index contributed by atoms with van der Waals surface area (Å²) in [6, 6.07) is 13.1. The molecule has 0 aliphatic carbocycles. The van der Waals surface area contributed by atoms with E-state index in [2.05, 4.69) is 10.6 Å². The van der Waals surface area contributed by atoms with E-state index in [4.69, 9.17) is 17.0 Å². The normalized spacial score (nSPS) is 12.4. The molecule has 0 radical (unpaired) electrons. The molecule has 2 aromatic rings. The summed E-state index contributed by atoms with van der Waals surface area (Å²) in [5.41, 5.74) is 1.33. The van der Waals surface area contributed by atoms with Crippen molar-refractivity contribution in [2.24, 2.45) is 0 Å². The highest BCUT2D eigenvalue weighted by Gasteiger charge is 2.35. The van der Waals surface area contributed by atoms with Gasteiger partial charge in [0.05, 0.1) is 29.0 Å². The van der Waals surface area contributed by atoms with Gasteiger partial charge in [-0.2, -0.15) is 0 Å². The van der Waals surface area contributed by atoms with Crippen LogP contribution in [0.3, 0.4) is 0 Å². The van der Waals surface area contributed by atoms with Gasteiger partial charge in [0.2, 0.25) is 5.91 Å². The van der Waals surface area contributed by atoms with Crippen LogP contribution in [-0.4, -0.2) is 46.9 Å². The summed E-state index contributed by atoms with van der Waals surface area (Å²) in [6.07, 6.45) is -0.118. The molecule has 0 fully saturated rings. The zero-order valence-corrected chi connectivity index (χ0v) is 17.0. The summed E-state index contributed by atoms with van der Waals surface area (Å²) in [5, 5.41) is 5.26. The highest BCUT2D eigenvalue weighted by atomic mass is 32.1. The molecule has 0 unspecified atom stereocenters. The second-order valence-electron chi connectivity index (χ2n) is 6.33. The number of ether oxygens (including phenoxy) is 1. The van der Waals surface area contributed by atoms with Gasteiger partial charge in [0.25, 0.3) is 11.8 Å². The van der Waals surface area contributed by atoms with Crippen LogP contribution >= 0.6 is 12.2 Å². The number of esters is 1. The van der Waals surface area contributed by atoms with Crippen molar-refractivity contribution in [2.75, 3.05) is 18.5 Å². The molecule has 0 bridgehead atoms. The Morgan fingerprint density at radius 3 is 2.23 bits per heavy atom. The van der Waals surface area contributed by atoms with E-state index in [1.807, 2.05) is 0 Å². The molecule has 2 aromatic carbocycles. The summed E-state index contributed by atoms with van der Waals surface area (Å²) in [4.78, 5) is 49.9. The van der Waals surface area contributed by atoms with E-state index in [0.29, 0.717) is 16.8 Å². The van der Waals surface area contributed by atoms with E-state index in [9.17, 15) is 19.2 Å². The number of thiocarbonyl (C=S) groups is 1. The molecule has 3 rings (SSSR count). The Hall–Kier alpha value is -3.59. The lowest BCUT2D eigenvalue weighted by Gasteiger charge is -2.15. The Bertz CT molecular complexity index is 1000. The lowest BCUT2D eigenvalue weighted by Crippen LogP contribution is -2.38. The summed E-state index contributed by atoms with van der Waals surface area (Å²) in [6.45, 7) is 1.86. The molecule has 2 N–H and O–H groups in total. The minimum absolute atomic E-state index is 0.0147. The number of carbonyl (C=O) groups excluding carboxylic acids is 4. The van der Waals surface area contributed by atoms with Gasteiger partial charge >= 0.3 is 5.97 Å². The third-order valence-electron chi connectivity index (χ3n) is 4.36. The molecule has 0 atom stereocenters. The smallest absolute Gasteiger partial charge is 0.340 e. The van der Waals surface area contributed by atoms with Gasteiger partial charge in [0.15, 0.2) is 5.11 Å². The van der Waals surface area contributed by atoms with Gasteiger partial charge in [-0.05, 0) is 43.4 Å². The van der Waals surface area contributed by atoms with Crippen molar-refractivity contribution in [1.29, 1.82) is 0 Å². The molecule has 9 heteroatoms. The zero-order chi connectivity index (χ0) is 21.7. The summed E-state index contributed by atoms with van der Waals surface area (Å²) in [7, 11) is 0. The SMILES string of the molecule is CCOC(=O)c1ccccc1NC(=S)NC(=O)CCN1C(=O)c2ccccc2C1=O. The maximum Gasteiger partial charge on any atom is 0.340 e. The largest absolute Gasteiger partial charge is 0.462 e. The quantitative estimate of drug-likeness (QED) is 0.416. The topological polar surface area (TPSA) is 105 Å². The minimum atomic E-state index is -0.514.